The fourth-order valence-electron chi connectivity index (χ4n) is 2.45. The van der Waals surface area contributed by atoms with Gasteiger partial charge in [0.1, 0.15) is 4.88 Å². The van der Waals surface area contributed by atoms with Crippen molar-refractivity contribution in [2.45, 2.75) is 44.8 Å². The first-order valence-corrected chi connectivity index (χ1v) is 7.79. The van der Waals surface area contributed by atoms with Gasteiger partial charge < -0.3 is 10.2 Å². The maximum Gasteiger partial charge on any atom is 0.427 e. The first-order valence-electron chi connectivity index (χ1n) is 6.98. The highest BCUT2D eigenvalue weighted by Gasteiger charge is 2.33. The first kappa shape index (κ1) is 15.6. The molecule has 1 unspecified atom stereocenters. The number of hydrogen-bond acceptors (Lipinski definition) is 4. The third kappa shape index (κ3) is 4.34. The van der Waals surface area contributed by atoms with Crippen LogP contribution in [0.2, 0.25) is 0 Å². The number of anilines is 1. The second kappa shape index (κ2) is 6.76. The maximum absolute atomic E-state index is 12.4. The molecule has 2 heterocycles. The monoisotopic (exact) mass is 307 g/mol. The normalized spacial score (nSPS) is 21.1. The molecule has 0 amide bonds. The molecule has 7 heteroatoms. The highest BCUT2D eigenvalue weighted by molar-refractivity contribution is 7.15. The summed E-state index contributed by atoms with van der Waals surface area (Å²) in [6.07, 6.45) is 1.31. The number of nitrogens with zero attached hydrogens (tertiary/aromatic N) is 2. The Hall–Kier alpha value is -0.820. The molecule has 1 aromatic rings. The van der Waals surface area contributed by atoms with Crippen molar-refractivity contribution >= 4 is 16.5 Å². The van der Waals surface area contributed by atoms with Crippen molar-refractivity contribution in [1.82, 2.24) is 9.88 Å². The molecule has 0 spiro atoms. The second-order valence-electron chi connectivity index (χ2n) is 5.19. The molecule has 0 saturated carbocycles. The van der Waals surface area contributed by atoms with Crippen LogP contribution >= 0.6 is 11.3 Å². The quantitative estimate of drug-likeness (QED) is 0.838. The molecule has 1 aliphatic rings. The van der Waals surface area contributed by atoms with Crippen LogP contribution in [0.3, 0.4) is 0 Å². The van der Waals surface area contributed by atoms with Crippen LogP contribution in [-0.4, -0.2) is 35.6 Å². The van der Waals surface area contributed by atoms with Gasteiger partial charge in [-0.15, -0.1) is 0 Å². The van der Waals surface area contributed by atoms with Crippen molar-refractivity contribution in [2.24, 2.45) is 0 Å². The van der Waals surface area contributed by atoms with Gasteiger partial charge in [0.2, 0.25) is 0 Å². The average Bonchev–Trinajstić information content (AvgIpc) is 2.85. The van der Waals surface area contributed by atoms with Gasteiger partial charge in [0.05, 0.1) is 6.20 Å². The van der Waals surface area contributed by atoms with Crippen molar-refractivity contribution in [3.8, 4) is 0 Å². The van der Waals surface area contributed by atoms with Crippen molar-refractivity contribution in [1.29, 1.82) is 0 Å². The number of nitrogens with one attached hydrogen (secondary N) is 1. The van der Waals surface area contributed by atoms with Crippen LogP contribution < -0.4 is 5.32 Å². The van der Waals surface area contributed by atoms with Crippen LogP contribution in [0.15, 0.2) is 6.20 Å². The van der Waals surface area contributed by atoms with Crippen LogP contribution in [0.25, 0.3) is 0 Å². The molecule has 1 aromatic heterocycles. The number of rotatable bonds is 5. The molecular weight excluding hydrogens is 287 g/mol. The van der Waals surface area contributed by atoms with Gasteiger partial charge in [-0.25, -0.2) is 4.98 Å². The molecule has 20 heavy (non-hydrogen) atoms. The summed E-state index contributed by atoms with van der Waals surface area (Å²) in [5.41, 5.74) is 0. The summed E-state index contributed by atoms with van der Waals surface area (Å²) >= 11 is 0.666. The summed E-state index contributed by atoms with van der Waals surface area (Å²) in [4.78, 5) is 5.56. The fourth-order valence-corrected chi connectivity index (χ4v) is 3.16. The zero-order valence-corrected chi connectivity index (χ0v) is 12.4. The van der Waals surface area contributed by atoms with E-state index in [1.54, 1.807) is 0 Å². The van der Waals surface area contributed by atoms with Crippen LogP contribution in [0, 0.1) is 0 Å². The molecule has 1 fully saturated rings. The van der Waals surface area contributed by atoms with E-state index in [1.807, 2.05) is 0 Å². The molecule has 0 aromatic carbocycles. The van der Waals surface area contributed by atoms with E-state index in [9.17, 15) is 13.2 Å². The Balaban J connectivity index is 1.69. The van der Waals surface area contributed by atoms with E-state index in [4.69, 9.17) is 0 Å². The minimum absolute atomic E-state index is 0.351. The van der Waals surface area contributed by atoms with Crippen LogP contribution in [0.4, 0.5) is 18.3 Å². The Kier molecular flexibility index (Phi) is 5.26. The summed E-state index contributed by atoms with van der Waals surface area (Å²) in [5, 5.41) is 3.32. The predicted octanol–water partition coefficient (Wildman–Crippen LogP) is 3.84. The number of alkyl halides is 3. The smallest absolute Gasteiger partial charge is 0.361 e. The molecular formula is C13H20F3N3S. The number of piperidine rings is 1. The van der Waals surface area contributed by atoms with Crippen molar-refractivity contribution in [2.75, 3.05) is 25.0 Å². The highest BCUT2D eigenvalue weighted by Crippen LogP contribution is 2.34. The molecule has 114 valence electrons. The molecule has 3 nitrogen and oxygen atoms in total. The van der Waals surface area contributed by atoms with Gasteiger partial charge in [0, 0.05) is 19.1 Å². The molecule has 1 atom stereocenters. The molecule has 1 saturated heterocycles. The van der Waals surface area contributed by atoms with Gasteiger partial charge in [-0.2, -0.15) is 13.2 Å². The first-order chi connectivity index (χ1) is 9.47. The fraction of sp³-hybridized carbons (Fsp3) is 0.769. The summed E-state index contributed by atoms with van der Waals surface area (Å²) in [7, 11) is 0. The number of hydrogen-bond donors (Lipinski definition) is 1. The predicted molar refractivity (Wildman–Crippen MR) is 75.1 cm³/mol. The van der Waals surface area contributed by atoms with Crippen LogP contribution in [-0.2, 0) is 6.18 Å². The molecule has 1 N–H and O–H groups in total. The highest BCUT2D eigenvalue weighted by atomic mass is 32.1. The third-order valence-corrected chi connectivity index (χ3v) is 4.62. The van der Waals surface area contributed by atoms with E-state index >= 15 is 0 Å². The summed E-state index contributed by atoms with van der Waals surface area (Å²) < 4.78 is 37.2. The van der Waals surface area contributed by atoms with E-state index in [1.165, 1.54) is 19.3 Å². The zero-order valence-electron chi connectivity index (χ0n) is 11.5. The Morgan fingerprint density at radius 3 is 2.90 bits per heavy atom. The minimum Gasteiger partial charge on any atom is -0.361 e. The Morgan fingerprint density at radius 2 is 2.25 bits per heavy atom. The van der Waals surface area contributed by atoms with E-state index in [0.717, 1.165) is 25.7 Å². The average molecular weight is 307 g/mol. The van der Waals surface area contributed by atoms with Gasteiger partial charge in [-0.05, 0) is 32.7 Å². The van der Waals surface area contributed by atoms with Gasteiger partial charge in [-0.3, -0.25) is 0 Å². The standard InChI is InChI=1S/C13H20F3N3S/c1-10-5-2-3-7-19(10)8-4-6-17-12-18-9-11(20-12)13(14,15)16/h9-10H,2-8H2,1H3,(H,17,18). The Bertz CT molecular complexity index is 419. The van der Waals surface area contributed by atoms with Crippen LogP contribution in [0.5, 0.6) is 0 Å². The lowest BCUT2D eigenvalue weighted by Crippen LogP contribution is -2.38. The largest absolute Gasteiger partial charge is 0.427 e. The van der Waals surface area contributed by atoms with Crippen molar-refractivity contribution < 1.29 is 13.2 Å². The van der Waals surface area contributed by atoms with Crippen molar-refractivity contribution in [3.63, 3.8) is 0 Å². The molecule has 0 bridgehead atoms. The number of halogens is 3. The maximum atomic E-state index is 12.4. The Morgan fingerprint density at radius 1 is 1.45 bits per heavy atom. The number of aromatic nitrogens is 1. The summed E-state index contributed by atoms with van der Waals surface area (Å²) in [5.74, 6) is 0. The zero-order chi connectivity index (χ0) is 14.6. The minimum atomic E-state index is -4.29. The number of likely N-dealkylation sites (tertiary alicyclic amines) is 1. The van der Waals surface area contributed by atoms with Gasteiger partial charge in [0.25, 0.3) is 0 Å². The lowest BCUT2D eigenvalue weighted by molar-refractivity contribution is -0.134. The molecule has 0 aliphatic carbocycles. The topological polar surface area (TPSA) is 28.2 Å². The SMILES string of the molecule is CC1CCCCN1CCCNc1ncc(C(F)(F)F)s1. The van der Waals surface area contributed by atoms with Gasteiger partial charge in [-0.1, -0.05) is 17.8 Å². The lowest BCUT2D eigenvalue weighted by atomic mass is 10.0. The van der Waals surface area contributed by atoms with Gasteiger partial charge >= 0.3 is 6.18 Å². The van der Waals surface area contributed by atoms with Crippen molar-refractivity contribution in [3.05, 3.63) is 11.1 Å². The van der Waals surface area contributed by atoms with E-state index < -0.39 is 11.1 Å². The summed E-state index contributed by atoms with van der Waals surface area (Å²) in [6, 6.07) is 0.625. The molecule has 1 aliphatic heterocycles. The van der Waals surface area contributed by atoms with Gasteiger partial charge in [0.15, 0.2) is 5.13 Å². The van der Waals surface area contributed by atoms with E-state index in [2.05, 4.69) is 22.1 Å². The number of thiazole rings is 1. The van der Waals surface area contributed by atoms with E-state index in [-0.39, 0.29) is 0 Å². The van der Waals surface area contributed by atoms with Crippen LogP contribution in [0.1, 0.15) is 37.5 Å². The second-order valence-corrected chi connectivity index (χ2v) is 6.22. The Labute approximate surface area is 121 Å². The van der Waals surface area contributed by atoms with E-state index in [0.29, 0.717) is 29.1 Å². The lowest BCUT2D eigenvalue weighted by Gasteiger charge is -2.33. The summed E-state index contributed by atoms with van der Waals surface area (Å²) in [6.45, 7) is 5.03. The molecule has 0 radical (unpaired) electrons. The third-order valence-electron chi connectivity index (χ3n) is 3.62. The molecule has 2 rings (SSSR count).